The summed E-state index contributed by atoms with van der Waals surface area (Å²) in [6.07, 6.45) is 0.910. The van der Waals surface area contributed by atoms with Crippen molar-refractivity contribution < 1.29 is 14.1 Å². The molecule has 1 aliphatic rings. The Morgan fingerprint density at radius 2 is 2.09 bits per heavy atom. The molecule has 6 nitrogen and oxygen atoms in total. The number of benzene rings is 1. The van der Waals surface area contributed by atoms with E-state index in [9.17, 15) is 4.79 Å². The quantitative estimate of drug-likeness (QED) is 0.866. The third-order valence-corrected chi connectivity index (χ3v) is 3.98. The average molecular weight is 315 g/mol. The maximum Gasteiger partial charge on any atom is 0.227 e. The van der Waals surface area contributed by atoms with E-state index in [0.29, 0.717) is 37.7 Å². The lowest BCUT2D eigenvalue weighted by atomic mass is 10.1. The highest BCUT2D eigenvalue weighted by molar-refractivity contribution is 5.76. The van der Waals surface area contributed by atoms with Crippen LogP contribution in [0.4, 0.5) is 0 Å². The van der Waals surface area contributed by atoms with Crippen LogP contribution in [0.5, 0.6) is 0 Å². The van der Waals surface area contributed by atoms with Crippen LogP contribution < -0.4 is 0 Å². The molecular formula is C17H21N3O3. The van der Waals surface area contributed by atoms with Crippen LogP contribution in [0.15, 0.2) is 34.9 Å². The molecule has 0 bridgehead atoms. The Morgan fingerprint density at radius 3 is 2.87 bits per heavy atom. The maximum atomic E-state index is 12.4. The van der Waals surface area contributed by atoms with Gasteiger partial charge in [0, 0.05) is 24.9 Å². The number of carbonyl (C=O) groups is 1. The number of morpholine rings is 1. The fraction of sp³-hybridized carbons (Fsp3) is 0.471. The molecule has 0 saturated carbocycles. The summed E-state index contributed by atoms with van der Waals surface area (Å²) >= 11 is 0. The van der Waals surface area contributed by atoms with Gasteiger partial charge in [-0.1, -0.05) is 35.5 Å². The van der Waals surface area contributed by atoms with Gasteiger partial charge < -0.3 is 14.2 Å². The molecule has 3 rings (SSSR count). The van der Waals surface area contributed by atoms with Crippen LogP contribution in [0.2, 0.25) is 0 Å². The van der Waals surface area contributed by atoms with Gasteiger partial charge in [0.25, 0.3) is 0 Å². The molecule has 2 heterocycles. The predicted molar refractivity (Wildman–Crippen MR) is 84.6 cm³/mol. The van der Waals surface area contributed by atoms with Crippen molar-refractivity contribution in [2.45, 2.75) is 38.8 Å². The van der Waals surface area contributed by atoms with Gasteiger partial charge in [0.1, 0.15) is 0 Å². The first-order chi connectivity index (χ1) is 11.1. The topological polar surface area (TPSA) is 68.5 Å². The van der Waals surface area contributed by atoms with E-state index in [4.69, 9.17) is 9.26 Å². The fourth-order valence-corrected chi connectivity index (χ4v) is 2.67. The second-order valence-corrected chi connectivity index (χ2v) is 5.92. The summed E-state index contributed by atoms with van der Waals surface area (Å²) < 4.78 is 10.8. The van der Waals surface area contributed by atoms with Gasteiger partial charge >= 0.3 is 0 Å². The average Bonchev–Trinajstić information content (AvgIpc) is 3.05. The number of aryl methyl sites for hydroxylation is 1. The molecule has 0 aliphatic carbocycles. The smallest absolute Gasteiger partial charge is 0.227 e. The minimum absolute atomic E-state index is 0.0863. The summed E-state index contributed by atoms with van der Waals surface area (Å²) in [5.41, 5.74) is 0.907. The number of ether oxygens (including phenoxy) is 1. The summed E-state index contributed by atoms with van der Waals surface area (Å²) in [6, 6.07) is 9.76. The summed E-state index contributed by atoms with van der Waals surface area (Å²) in [4.78, 5) is 18.6. The van der Waals surface area contributed by atoms with Crippen LogP contribution in [0.25, 0.3) is 11.4 Å². The fourth-order valence-electron chi connectivity index (χ4n) is 2.67. The lowest BCUT2D eigenvalue weighted by Crippen LogP contribution is -2.50. The molecule has 6 heteroatoms. The maximum absolute atomic E-state index is 12.4. The van der Waals surface area contributed by atoms with Gasteiger partial charge in [0.2, 0.25) is 17.6 Å². The number of aromatic nitrogens is 2. The Morgan fingerprint density at radius 1 is 1.30 bits per heavy atom. The highest BCUT2D eigenvalue weighted by atomic mass is 16.5. The van der Waals surface area contributed by atoms with Crippen LogP contribution in [0, 0.1) is 0 Å². The first-order valence-electron chi connectivity index (χ1n) is 7.92. The zero-order valence-electron chi connectivity index (χ0n) is 13.4. The monoisotopic (exact) mass is 315 g/mol. The minimum atomic E-state index is 0.0863. The van der Waals surface area contributed by atoms with E-state index in [0.717, 1.165) is 5.56 Å². The molecule has 122 valence electrons. The highest BCUT2D eigenvalue weighted by Crippen LogP contribution is 2.17. The van der Waals surface area contributed by atoms with E-state index < -0.39 is 0 Å². The van der Waals surface area contributed by atoms with E-state index >= 15 is 0 Å². The molecule has 1 aliphatic heterocycles. The molecular weight excluding hydrogens is 294 g/mol. The molecule has 1 amide bonds. The van der Waals surface area contributed by atoms with Crippen molar-refractivity contribution in [3.63, 3.8) is 0 Å². The SMILES string of the molecule is CC1CN(C(=O)CCc2nc(-c3ccccc3)no2)C(C)CO1. The van der Waals surface area contributed by atoms with Gasteiger partial charge in [0.15, 0.2) is 0 Å². The van der Waals surface area contributed by atoms with Gasteiger partial charge in [0.05, 0.1) is 18.8 Å². The van der Waals surface area contributed by atoms with Crippen molar-refractivity contribution in [2.75, 3.05) is 13.2 Å². The summed E-state index contributed by atoms with van der Waals surface area (Å²) in [7, 11) is 0. The molecule has 1 fully saturated rings. The van der Waals surface area contributed by atoms with Gasteiger partial charge in [-0.15, -0.1) is 0 Å². The van der Waals surface area contributed by atoms with Gasteiger partial charge in [-0.05, 0) is 13.8 Å². The summed E-state index contributed by atoms with van der Waals surface area (Å²) in [5, 5.41) is 3.97. The predicted octanol–water partition coefficient (Wildman–Crippen LogP) is 2.31. The van der Waals surface area contributed by atoms with Crippen molar-refractivity contribution in [1.82, 2.24) is 15.0 Å². The normalized spacial score (nSPS) is 21.4. The molecule has 0 radical (unpaired) electrons. The van der Waals surface area contributed by atoms with Crippen molar-refractivity contribution in [2.24, 2.45) is 0 Å². The molecule has 1 aromatic carbocycles. The molecule has 2 atom stereocenters. The van der Waals surface area contributed by atoms with Gasteiger partial charge in [-0.2, -0.15) is 4.98 Å². The molecule has 2 unspecified atom stereocenters. The lowest BCUT2D eigenvalue weighted by Gasteiger charge is -2.36. The van der Waals surface area contributed by atoms with Gasteiger partial charge in [-0.3, -0.25) is 4.79 Å². The molecule has 1 saturated heterocycles. The van der Waals surface area contributed by atoms with Crippen LogP contribution in [-0.4, -0.2) is 46.2 Å². The van der Waals surface area contributed by atoms with E-state index in [-0.39, 0.29) is 18.1 Å². The molecule has 2 aromatic rings. The first-order valence-corrected chi connectivity index (χ1v) is 7.92. The van der Waals surface area contributed by atoms with Crippen LogP contribution in [0.1, 0.15) is 26.2 Å². The second kappa shape index (κ2) is 6.91. The van der Waals surface area contributed by atoms with Gasteiger partial charge in [-0.25, -0.2) is 0 Å². The van der Waals surface area contributed by atoms with Crippen LogP contribution in [-0.2, 0) is 16.0 Å². The molecule has 23 heavy (non-hydrogen) atoms. The zero-order valence-corrected chi connectivity index (χ0v) is 13.4. The van der Waals surface area contributed by atoms with Crippen LogP contribution >= 0.6 is 0 Å². The Balaban J connectivity index is 1.58. The number of amides is 1. The third-order valence-electron chi connectivity index (χ3n) is 3.98. The standard InChI is InChI=1S/C17H21N3O3/c1-12-11-22-13(2)10-20(12)16(21)9-8-15-18-17(19-23-15)14-6-4-3-5-7-14/h3-7,12-13H,8-11H2,1-2H3. The Hall–Kier alpha value is -2.21. The Labute approximate surface area is 135 Å². The largest absolute Gasteiger partial charge is 0.375 e. The molecule has 0 N–H and O–H groups in total. The second-order valence-electron chi connectivity index (χ2n) is 5.92. The summed E-state index contributed by atoms with van der Waals surface area (Å²) in [5.74, 6) is 1.15. The van der Waals surface area contributed by atoms with E-state index in [1.165, 1.54) is 0 Å². The first kappa shape index (κ1) is 15.7. The highest BCUT2D eigenvalue weighted by Gasteiger charge is 2.27. The lowest BCUT2D eigenvalue weighted by molar-refractivity contribution is -0.143. The van der Waals surface area contributed by atoms with E-state index in [1.54, 1.807) is 0 Å². The Bertz CT molecular complexity index is 656. The number of carbonyl (C=O) groups excluding carboxylic acids is 1. The van der Waals surface area contributed by atoms with Crippen molar-refractivity contribution in [3.05, 3.63) is 36.2 Å². The number of nitrogens with zero attached hydrogens (tertiary/aromatic N) is 3. The van der Waals surface area contributed by atoms with E-state index in [1.807, 2.05) is 49.1 Å². The summed E-state index contributed by atoms with van der Waals surface area (Å²) in [6.45, 7) is 5.21. The van der Waals surface area contributed by atoms with Crippen molar-refractivity contribution in [1.29, 1.82) is 0 Å². The zero-order chi connectivity index (χ0) is 16.2. The Kier molecular flexibility index (Phi) is 4.71. The number of rotatable bonds is 4. The number of hydrogen-bond donors (Lipinski definition) is 0. The van der Waals surface area contributed by atoms with Crippen molar-refractivity contribution in [3.8, 4) is 11.4 Å². The molecule has 1 aromatic heterocycles. The number of hydrogen-bond acceptors (Lipinski definition) is 5. The van der Waals surface area contributed by atoms with Crippen molar-refractivity contribution >= 4 is 5.91 Å². The minimum Gasteiger partial charge on any atom is -0.375 e. The van der Waals surface area contributed by atoms with Crippen LogP contribution in [0.3, 0.4) is 0 Å². The third kappa shape index (κ3) is 3.76. The molecule has 0 spiro atoms. The van der Waals surface area contributed by atoms with E-state index in [2.05, 4.69) is 10.1 Å².